The predicted molar refractivity (Wildman–Crippen MR) is 194 cm³/mol. The molecule has 6 aromatic rings. The summed E-state index contributed by atoms with van der Waals surface area (Å²) in [5, 5.41) is 2.44. The highest BCUT2D eigenvalue weighted by Crippen LogP contribution is 2.34. The van der Waals surface area contributed by atoms with Crippen LogP contribution in [0, 0.1) is 0 Å². The van der Waals surface area contributed by atoms with Crippen molar-refractivity contribution in [1.82, 2.24) is 0 Å². The normalized spacial score (nSPS) is 12.3. The maximum absolute atomic E-state index is 3.65. The Morgan fingerprint density at radius 2 is 1.11 bits per heavy atom. The van der Waals surface area contributed by atoms with Gasteiger partial charge in [0.1, 0.15) is 0 Å². The minimum Gasteiger partial charge on any atom is -0.0622 e. The van der Waals surface area contributed by atoms with Gasteiger partial charge in [0.2, 0.25) is 0 Å². The maximum Gasteiger partial charge on any atom is 0.0181 e. The van der Waals surface area contributed by atoms with Crippen LogP contribution < -0.4 is 0 Å². The van der Waals surface area contributed by atoms with Crippen LogP contribution in [0.1, 0.15) is 34.7 Å². The van der Waals surface area contributed by atoms with Crippen LogP contribution in [0.15, 0.2) is 186 Å². The van der Waals surface area contributed by atoms with Gasteiger partial charge in [-0.2, -0.15) is 0 Å². The van der Waals surface area contributed by atoms with Crippen molar-refractivity contribution in [3.05, 3.63) is 214 Å². The van der Waals surface area contributed by atoms with Crippen LogP contribution in [0.3, 0.4) is 0 Å². The zero-order valence-corrected chi connectivity index (χ0v) is 26.3. The van der Waals surface area contributed by atoms with Crippen molar-refractivity contribution in [2.75, 3.05) is 0 Å². The summed E-state index contributed by atoms with van der Waals surface area (Å²) in [4.78, 5) is 0. The van der Waals surface area contributed by atoms with Crippen molar-refractivity contribution in [1.29, 1.82) is 0 Å². The van der Waals surface area contributed by atoms with E-state index in [4.69, 9.17) is 0 Å². The third-order valence-electron chi connectivity index (χ3n) is 7.75. The summed E-state index contributed by atoms with van der Waals surface area (Å²) in [6, 6.07) is 55.7. The van der Waals surface area contributed by atoms with E-state index in [1.54, 1.807) is 0 Å². The second kappa shape index (κ2) is 14.0. The molecule has 0 heterocycles. The molecule has 0 aliphatic heterocycles. The summed E-state index contributed by atoms with van der Waals surface area (Å²) in [7, 11) is 0. The van der Waals surface area contributed by atoms with Gasteiger partial charge in [0.05, 0.1) is 0 Å². The third-order valence-corrected chi connectivity index (χ3v) is 8.25. The van der Waals surface area contributed by atoms with Crippen LogP contribution in [-0.4, -0.2) is 0 Å². The molecule has 0 aromatic heterocycles. The second-order valence-corrected chi connectivity index (χ2v) is 11.7. The fourth-order valence-electron chi connectivity index (χ4n) is 5.53. The van der Waals surface area contributed by atoms with E-state index in [1.165, 1.54) is 44.2 Å². The zero-order valence-electron chi connectivity index (χ0n) is 24.7. The van der Waals surface area contributed by atoms with Crippen molar-refractivity contribution in [3.63, 3.8) is 0 Å². The lowest BCUT2D eigenvalue weighted by Gasteiger charge is -2.15. The van der Waals surface area contributed by atoms with Gasteiger partial charge in [0.15, 0.2) is 0 Å². The molecule has 0 N–H and O–H groups in total. The van der Waals surface area contributed by atoms with Gasteiger partial charge in [-0.3, -0.25) is 0 Å². The molecular weight excluding hydrogens is 596 g/mol. The number of allylic oxidation sites excluding steroid dienone is 6. The van der Waals surface area contributed by atoms with Crippen molar-refractivity contribution < 1.29 is 0 Å². The van der Waals surface area contributed by atoms with Crippen LogP contribution in [-0.2, 0) is 0 Å². The Labute approximate surface area is 269 Å². The fraction of sp³-hybridized carbons (Fsp3) is 0.0233. The summed E-state index contributed by atoms with van der Waals surface area (Å²) < 4.78 is 1.06. The van der Waals surface area contributed by atoms with Crippen LogP contribution >= 0.6 is 15.9 Å². The Morgan fingerprint density at radius 1 is 0.545 bits per heavy atom. The van der Waals surface area contributed by atoms with Crippen LogP contribution in [0.5, 0.6) is 0 Å². The number of rotatable bonds is 8. The monoisotopic (exact) mass is 628 g/mol. The van der Waals surface area contributed by atoms with Gasteiger partial charge in [0.25, 0.3) is 0 Å². The van der Waals surface area contributed by atoms with Gasteiger partial charge in [-0.25, -0.2) is 0 Å². The molecule has 0 spiro atoms. The Morgan fingerprint density at radius 3 is 1.77 bits per heavy atom. The van der Waals surface area contributed by atoms with E-state index in [9.17, 15) is 0 Å². The van der Waals surface area contributed by atoms with Crippen molar-refractivity contribution in [3.8, 4) is 0 Å². The molecule has 6 aromatic carbocycles. The molecule has 0 atom stereocenters. The summed E-state index contributed by atoms with van der Waals surface area (Å²) in [5.74, 6) is 0. The molecule has 0 saturated heterocycles. The zero-order chi connectivity index (χ0) is 30.1. The minimum absolute atomic E-state index is 1.06. The minimum atomic E-state index is 1.06. The largest absolute Gasteiger partial charge is 0.0622 e. The van der Waals surface area contributed by atoms with E-state index < -0.39 is 0 Å². The Balaban J connectivity index is 1.69. The Hall–Kier alpha value is -4.98. The second-order valence-electron chi connectivity index (χ2n) is 10.8. The highest BCUT2D eigenvalue weighted by atomic mass is 79.9. The van der Waals surface area contributed by atoms with Gasteiger partial charge in [-0.15, -0.1) is 0 Å². The highest BCUT2D eigenvalue weighted by Gasteiger charge is 2.12. The molecule has 0 unspecified atom stereocenters. The number of hydrogen-bond donors (Lipinski definition) is 0. The van der Waals surface area contributed by atoms with Gasteiger partial charge < -0.3 is 0 Å². The molecule has 44 heavy (non-hydrogen) atoms. The van der Waals surface area contributed by atoms with Crippen LogP contribution in [0.2, 0.25) is 0 Å². The third kappa shape index (κ3) is 6.97. The first kappa shape index (κ1) is 29.1. The summed E-state index contributed by atoms with van der Waals surface area (Å²) >= 11 is 3.65. The van der Waals surface area contributed by atoms with E-state index in [0.717, 1.165) is 21.2 Å². The predicted octanol–water partition coefficient (Wildman–Crippen LogP) is 12.3. The average molecular weight is 630 g/mol. The molecule has 0 saturated carbocycles. The molecule has 0 aliphatic rings. The fourth-order valence-corrected chi connectivity index (χ4v) is 5.95. The topological polar surface area (TPSA) is 0 Å². The van der Waals surface area contributed by atoms with Gasteiger partial charge in [-0.05, 0) is 86.0 Å². The van der Waals surface area contributed by atoms with Crippen LogP contribution in [0.25, 0.3) is 33.6 Å². The lowest BCUT2D eigenvalue weighted by molar-refractivity contribution is 1.51. The van der Waals surface area contributed by atoms with Crippen molar-refractivity contribution in [2.24, 2.45) is 0 Å². The quantitative estimate of drug-likeness (QED) is 0.147. The number of halogens is 1. The number of benzene rings is 6. The van der Waals surface area contributed by atoms with Gasteiger partial charge in [0, 0.05) is 4.47 Å². The first-order valence-electron chi connectivity index (χ1n) is 14.9. The molecule has 0 amide bonds. The van der Waals surface area contributed by atoms with E-state index in [1.807, 2.05) is 0 Å². The Bertz CT molecular complexity index is 1950. The molecule has 1 heteroatoms. The highest BCUT2D eigenvalue weighted by molar-refractivity contribution is 9.10. The van der Waals surface area contributed by atoms with E-state index in [2.05, 4.69) is 205 Å². The van der Waals surface area contributed by atoms with Crippen molar-refractivity contribution in [2.45, 2.75) is 6.92 Å². The first-order chi connectivity index (χ1) is 21.7. The summed E-state index contributed by atoms with van der Waals surface area (Å²) in [5.41, 5.74) is 10.5. The lowest BCUT2D eigenvalue weighted by atomic mass is 9.89. The van der Waals surface area contributed by atoms with E-state index in [-0.39, 0.29) is 0 Å². The average Bonchev–Trinajstić information content (AvgIpc) is 3.08. The van der Waals surface area contributed by atoms with Crippen LogP contribution in [0.4, 0.5) is 0 Å². The molecule has 0 radical (unpaired) electrons. The van der Waals surface area contributed by atoms with E-state index >= 15 is 0 Å². The molecule has 6 rings (SSSR count). The molecule has 0 aliphatic carbocycles. The summed E-state index contributed by atoms with van der Waals surface area (Å²) in [6.07, 6.45) is 9.19. The summed E-state index contributed by atoms with van der Waals surface area (Å²) in [6.45, 7) is 2.20. The SMILES string of the molecule is CC(=CC(C=C(c1ccccc1)c1ccccc1)=C(C=Cc1cccc(Br)c1)c1cccc2ccccc12)c1ccccc1. The Kier molecular flexibility index (Phi) is 9.26. The maximum atomic E-state index is 3.65. The number of fused-ring (bicyclic) bond motifs is 1. The molecule has 0 nitrogen and oxygen atoms in total. The van der Waals surface area contributed by atoms with Gasteiger partial charge in [-0.1, -0.05) is 180 Å². The van der Waals surface area contributed by atoms with Gasteiger partial charge >= 0.3 is 0 Å². The lowest BCUT2D eigenvalue weighted by Crippen LogP contribution is -1.94. The molecule has 212 valence electrons. The smallest absolute Gasteiger partial charge is 0.0181 e. The van der Waals surface area contributed by atoms with Crippen molar-refractivity contribution >= 4 is 49.5 Å². The molecular formula is C43H33Br. The standard InChI is InChI=1S/C43H33Br/c1-32(34-16-5-2-6-17-34)29-38(31-43(36-18-7-3-8-19-36)37-20-9-4-10-21-37)41(28-27-33-15-13-24-39(44)30-33)42-26-14-23-35-22-11-12-25-40(35)42/h2-31H,1H3. The molecule has 0 bridgehead atoms. The number of hydrogen-bond acceptors (Lipinski definition) is 0. The van der Waals surface area contributed by atoms with E-state index in [0.29, 0.717) is 0 Å². The molecule has 0 fully saturated rings. The first-order valence-corrected chi connectivity index (χ1v) is 15.7.